The van der Waals surface area contributed by atoms with Crippen molar-refractivity contribution in [3.05, 3.63) is 65.7 Å². The Morgan fingerprint density at radius 2 is 1.74 bits per heavy atom. The van der Waals surface area contributed by atoms with Gasteiger partial charge in [0.05, 0.1) is 0 Å². The van der Waals surface area contributed by atoms with Crippen LogP contribution in [0.2, 0.25) is 0 Å². The van der Waals surface area contributed by atoms with E-state index >= 15 is 0 Å². The van der Waals surface area contributed by atoms with E-state index < -0.39 is 0 Å². The monoisotopic (exact) mass is 300 g/mol. The van der Waals surface area contributed by atoms with E-state index in [-0.39, 0.29) is 12.6 Å². The minimum Gasteiger partial charge on any atom is -0.454 e. The second-order valence-corrected chi connectivity index (χ2v) is 5.70. The Bertz CT molecular complexity index is 1010. The number of hydrogen-bond acceptors (Lipinski definition) is 3. The number of rotatable bonds is 1. The molecule has 110 valence electrons. The summed E-state index contributed by atoms with van der Waals surface area (Å²) in [5, 5.41) is 2.10. The summed E-state index contributed by atoms with van der Waals surface area (Å²) in [6.07, 6.45) is 3.53. The van der Waals surface area contributed by atoms with Crippen LogP contribution >= 0.6 is 0 Å². The van der Waals surface area contributed by atoms with Gasteiger partial charge < -0.3 is 9.47 Å². The van der Waals surface area contributed by atoms with Crippen LogP contribution in [0, 0.1) is 0 Å². The second-order valence-electron chi connectivity index (χ2n) is 5.70. The number of carbonyl (C=O) groups is 1. The Labute approximate surface area is 132 Å². The summed E-state index contributed by atoms with van der Waals surface area (Å²) in [4.78, 5) is 12.1. The number of ether oxygens (including phenoxy) is 2. The van der Waals surface area contributed by atoms with Crippen molar-refractivity contribution in [3.8, 4) is 22.6 Å². The van der Waals surface area contributed by atoms with Crippen LogP contribution in [0.15, 0.2) is 54.6 Å². The summed E-state index contributed by atoms with van der Waals surface area (Å²) < 4.78 is 10.9. The largest absolute Gasteiger partial charge is 0.454 e. The van der Waals surface area contributed by atoms with Gasteiger partial charge in [-0.3, -0.25) is 4.79 Å². The molecule has 5 rings (SSSR count). The van der Waals surface area contributed by atoms with Gasteiger partial charge in [0.15, 0.2) is 17.3 Å². The zero-order valence-corrected chi connectivity index (χ0v) is 12.2. The lowest BCUT2D eigenvalue weighted by Gasteiger charge is -2.15. The van der Waals surface area contributed by atoms with Crippen LogP contribution in [0.5, 0.6) is 11.5 Å². The highest BCUT2D eigenvalue weighted by molar-refractivity contribution is 6.21. The lowest BCUT2D eigenvalue weighted by atomic mass is 9.88. The number of carbonyl (C=O) groups excluding carboxylic acids is 1. The third-order valence-corrected chi connectivity index (χ3v) is 4.44. The van der Waals surface area contributed by atoms with Crippen LogP contribution in [0.3, 0.4) is 0 Å². The molecule has 0 amide bonds. The van der Waals surface area contributed by atoms with Crippen LogP contribution in [-0.4, -0.2) is 12.6 Å². The molecule has 0 aromatic heterocycles. The van der Waals surface area contributed by atoms with Gasteiger partial charge in [0.25, 0.3) is 0 Å². The van der Waals surface area contributed by atoms with Gasteiger partial charge in [-0.1, -0.05) is 42.5 Å². The van der Waals surface area contributed by atoms with Crippen molar-refractivity contribution in [2.45, 2.75) is 0 Å². The molecule has 0 atom stereocenters. The Morgan fingerprint density at radius 3 is 2.70 bits per heavy atom. The second kappa shape index (κ2) is 4.46. The van der Waals surface area contributed by atoms with Crippen molar-refractivity contribution in [3.63, 3.8) is 0 Å². The maximum Gasteiger partial charge on any atom is 0.231 e. The molecule has 0 unspecified atom stereocenters. The van der Waals surface area contributed by atoms with Gasteiger partial charge >= 0.3 is 0 Å². The molecule has 0 radical (unpaired) electrons. The van der Waals surface area contributed by atoms with Gasteiger partial charge in [-0.25, -0.2) is 0 Å². The fourth-order valence-corrected chi connectivity index (χ4v) is 3.35. The van der Waals surface area contributed by atoms with Gasteiger partial charge in [-0.05, 0) is 40.3 Å². The van der Waals surface area contributed by atoms with Gasteiger partial charge in [-0.2, -0.15) is 0 Å². The minimum absolute atomic E-state index is 0.0611. The number of allylic oxidation sites excluding steroid dienone is 1. The molecule has 3 aromatic carbocycles. The summed E-state index contributed by atoms with van der Waals surface area (Å²) in [5.41, 5.74) is 3.99. The normalized spacial score (nSPS) is 14.5. The van der Waals surface area contributed by atoms with Crippen molar-refractivity contribution in [2.75, 3.05) is 6.79 Å². The minimum atomic E-state index is 0.0611. The number of hydrogen-bond donors (Lipinski definition) is 0. The Balaban J connectivity index is 1.81. The first-order chi connectivity index (χ1) is 11.3. The first-order valence-electron chi connectivity index (χ1n) is 7.49. The molecule has 23 heavy (non-hydrogen) atoms. The summed E-state index contributed by atoms with van der Waals surface area (Å²) in [6, 6.07) is 16.0. The predicted octanol–water partition coefficient (Wildman–Crippen LogP) is 4.45. The third-order valence-electron chi connectivity index (χ3n) is 4.44. The molecule has 1 aliphatic carbocycles. The molecule has 0 fully saturated rings. The SMILES string of the molecule is O=C1C=Cc2ccc(-c3ccc4c(c3)OCO4)c3cccc1c23. The van der Waals surface area contributed by atoms with Gasteiger partial charge in [-0.15, -0.1) is 0 Å². The molecule has 0 saturated heterocycles. The summed E-state index contributed by atoms with van der Waals surface area (Å²) in [7, 11) is 0. The molecular formula is C20H12O3. The number of benzene rings is 3. The fourth-order valence-electron chi connectivity index (χ4n) is 3.35. The highest BCUT2D eigenvalue weighted by atomic mass is 16.7. The zero-order chi connectivity index (χ0) is 15.4. The maximum absolute atomic E-state index is 12.1. The topological polar surface area (TPSA) is 35.5 Å². The Hall–Kier alpha value is -3.07. The first-order valence-corrected chi connectivity index (χ1v) is 7.49. The number of fused-ring (bicyclic) bond motifs is 1. The standard InChI is InChI=1S/C20H12O3/c21-17-8-5-12-4-7-14(15-2-1-3-16(17)20(12)15)13-6-9-18-19(10-13)23-11-22-18/h1-10H,11H2. The predicted molar refractivity (Wildman–Crippen MR) is 88.9 cm³/mol. The zero-order valence-electron chi connectivity index (χ0n) is 12.2. The van der Waals surface area contributed by atoms with E-state index in [1.807, 2.05) is 36.4 Å². The maximum atomic E-state index is 12.1. The molecule has 3 nitrogen and oxygen atoms in total. The quantitative estimate of drug-likeness (QED) is 0.666. The van der Waals surface area contributed by atoms with Crippen molar-refractivity contribution < 1.29 is 14.3 Å². The van der Waals surface area contributed by atoms with Crippen LogP contribution in [0.4, 0.5) is 0 Å². The summed E-state index contributed by atoms with van der Waals surface area (Å²) >= 11 is 0. The Morgan fingerprint density at radius 1 is 0.826 bits per heavy atom. The van der Waals surface area contributed by atoms with Crippen LogP contribution in [-0.2, 0) is 0 Å². The van der Waals surface area contributed by atoms with E-state index in [4.69, 9.17) is 9.47 Å². The molecular weight excluding hydrogens is 288 g/mol. The van der Waals surface area contributed by atoms with E-state index in [1.54, 1.807) is 6.08 Å². The highest BCUT2D eigenvalue weighted by Gasteiger charge is 2.19. The van der Waals surface area contributed by atoms with Gasteiger partial charge in [0.1, 0.15) is 0 Å². The van der Waals surface area contributed by atoms with E-state index in [0.29, 0.717) is 0 Å². The van der Waals surface area contributed by atoms with Crippen molar-refractivity contribution in [1.82, 2.24) is 0 Å². The van der Waals surface area contributed by atoms with E-state index in [9.17, 15) is 4.79 Å². The fraction of sp³-hybridized carbons (Fsp3) is 0.0500. The van der Waals surface area contributed by atoms with Gasteiger partial charge in [0.2, 0.25) is 6.79 Å². The molecule has 1 aliphatic heterocycles. The lowest BCUT2D eigenvalue weighted by molar-refractivity contribution is 0.104. The third kappa shape index (κ3) is 1.73. The molecule has 0 bridgehead atoms. The summed E-state index contributed by atoms with van der Waals surface area (Å²) in [6.45, 7) is 0.266. The van der Waals surface area contributed by atoms with E-state index in [2.05, 4.69) is 18.2 Å². The molecule has 0 spiro atoms. The van der Waals surface area contributed by atoms with Crippen LogP contribution in [0.25, 0.3) is 28.0 Å². The lowest BCUT2D eigenvalue weighted by Crippen LogP contribution is -2.01. The highest BCUT2D eigenvalue weighted by Crippen LogP contribution is 2.40. The molecule has 2 aliphatic rings. The van der Waals surface area contributed by atoms with Crippen molar-refractivity contribution >= 4 is 22.6 Å². The first kappa shape index (κ1) is 12.5. The van der Waals surface area contributed by atoms with Crippen LogP contribution in [0.1, 0.15) is 15.9 Å². The van der Waals surface area contributed by atoms with Crippen LogP contribution < -0.4 is 9.47 Å². The van der Waals surface area contributed by atoms with E-state index in [1.165, 1.54) is 0 Å². The number of ketones is 1. The van der Waals surface area contributed by atoms with Crippen molar-refractivity contribution in [1.29, 1.82) is 0 Å². The van der Waals surface area contributed by atoms with Crippen molar-refractivity contribution in [2.24, 2.45) is 0 Å². The van der Waals surface area contributed by atoms with Gasteiger partial charge in [0, 0.05) is 10.9 Å². The average molecular weight is 300 g/mol. The molecule has 0 saturated carbocycles. The molecule has 0 N–H and O–H groups in total. The van der Waals surface area contributed by atoms with E-state index in [0.717, 1.165) is 44.5 Å². The smallest absolute Gasteiger partial charge is 0.231 e. The average Bonchev–Trinajstić information content (AvgIpc) is 3.06. The summed E-state index contributed by atoms with van der Waals surface area (Å²) in [5.74, 6) is 1.60. The Kier molecular flexibility index (Phi) is 2.42. The molecule has 3 heteroatoms. The molecule has 3 aromatic rings. The molecule has 1 heterocycles.